The molecule has 0 aromatic heterocycles. The molecule has 1 aromatic carbocycles. The first-order valence-corrected chi connectivity index (χ1v) is 6.04. The summed E-state index contributed by atoms with van der Waals surface area (Å²) in [5.41, 5.74) is 2.24. The van der Waals surface area contributed by atoms with Crippen LogP contribution in [-0.2, 0) is 0 Å². The maximum Gasteiger partial charge on any atom is 0.124 e. The van der Waals surface area contributed by atoms with Gasteiger partial charge in [-0.2, -0.15) is 0 Å². The van der Waals surface area contributed by atoms with Crippen molar-refractivity contribution in [2.24, 2.45) is 0 Å². The van der Waals surface area contributed by atoms with Crippen LogP contribution in [0.3, 0.4) is 0 Å². The van der Waals surface area contributed by atoms with E-state index in [-0.39, 0.29) is 6.04 Å². The van der Waals surface area contributed by atoms with E-state index in [1.807, 2.05) is 19.2 Å². The first kappa shape index (κ1) is 14.0. The molecule has 1 rings (SSSR count). The molecule has 2 atom stereocenters. The van der Waals surface area contributed by atoms with Crippen LogP contribution in [0.25, 0.3) is 0 Å². The van der Waals surface area contributed by atoms with Crippen LogP contribution in [0.4, 0.5) is 0 Å². The van der Waals surface area contributed by atoms with Gasteiger partial charge in [0.25, 0.3) is 0 Å². The van der Waals surface area contributed by atoms with Crippen LogP contribution >= 0.6 is 0 Å². The van der Waals surface area contributed by atoms with Gasteiger partial charge in [-0.15, -0.1) is 0 Å². The molecule has 96 valence electrons. The molecule has 0 fully saturated rings. The number of benzene rings is 1. The normalized spacial score (nSPS) is 14.8. The summed E-state index contributed by atoms with van der Waals surface area (Å²) in [7, 11) is 3.50. The highest BCUT2D eigenvalue weighted by atomic mass is 16.5. The van der Waals surface area contributed by atoms with Gasteiger partial charge in [0.05, 0.1) is 19.3 Å². The molecule has 0 radical (unpaired) electrons. The molecule has 0 bridgehead atoms. The number of hydrogen-bond donors (Lipinski definition) is 2. The lowest BCUT2D eigenvalue weighted by atomic mass is 9.96. The Morgan fingerprint density at radius 1 is 1.24 bits per heavy atom. The minimum Gasteiger partial charge on any atom is -0.496 e. The third-order valence-electron chi connectivity index (χ3n) is 3.05. The zero-order valence-corrected chi connectivity index (χ0v) is 11.3. The second kappa shape index (κ2) is 6.03. The Hall–Kier alpha value is -1.06. The molecule has 3 heteroatoms. The molecule has 0 aliphatic carbocycles. The summed E-state index contributed by atoms with van der Waals surface area (Å²) in [5.74, 6) is 1.30. The lowest BCUT2D eigenvalue weighted by Gasteiger charge is -2.23. The minimum atomic E-state index is -0.459. The van der Waals surface area contributed by atoms with E-state index in [2.05, 4.69) is 25.2 Å². The second-order valence-corrected chi connectivity index (χ2v) is 4.66. The van der Waals surface area contributed by atoms with Crippen molar-refractivity contribution in [2.45, 2.75) is 38.8 Å². The zero-order valence-electron chi connectivity index (χ0n) is 11.3. The minimum absolute atomic E-state index is 0.105. The van der Waals surface area contributed by atoms with Gasteiger partial charge in [0.2, 0.25) is 0 Å². The highest BCUT2D eigenvalue weighted by molar-refractivity contribution is 5.41. The number of likely N-dealkylation sites (N-methyl/N-ethyl adjacent to an activating group) is 1. The van der Waals surface area contributed by atoms with E-state index >= 15 is 0 Å². The van der Waals surface area contributed by atoms with Crippen LogP contribution in [0.1, 0.15) is 43.9 Å². The molecule has 17 heavy (non-hydrogen) atoms. The average Bonchev–Trinajstić information content (AvgIpc) is 2.29. The number of aliphatic hydroxyl groups is 1. The Bertz CT molecular complexity index is 361. The van der Waals surface area contributed by atoms with Gasteiger partial charge in [0.1, 0.15) is 5.75 Å². The van der Waals surface area contributed by atoms with Crippen molar-refractivity contribution in [1.82, 2.24) is 5.32 Å². The smallest absolute Gasteiger partial charge is 0.124 e. The second-order valence-electron chi connectivity index (χ2n) is 4.66. The molecule has 0 saturated heterocycles. The maximum atomic E-state index is 9.75. The summed E-state index contributed by atoms with van der Waals surface area (Å²) in [6.45, 7) is 6.08. The molecule has 0 aliphatic heterocycles. The number of methoxy groups -OCH3 is 1. The van der Waals surface area contributed by atoms with Crippen LogP contribution in [0, 0.1) is 0 Å². The molecule has 0 saturated carbocycles. The average molecular weight is 237 g/mol. The fourth-order valence-corrected chi connectivity index (χ4v) is 2.00. The number of nitrogens with one attached hydrogen (secondary N) is 1. The Morgan fingerprint density at radius 2 is 1.88 bits per heavy atom. The molecule has 2 unspecified atom stereocenters. The van der Waals surface area contributed by atoms with Crippen LogP contribution in [-0.4, -0.2) is 25.4 Å². The van der Waals surface area contributed by atoms with E-state index in [1.165, 1.54) is 5.56 Å². The summed E-state index contributed by atoms with van der Waals surface area (Å²) in [6, 6.07) is 6.07. The van der Waals surface area contributed by atoms with Gasteiger partial charge in [0.15, 0.2) is 0 Å². The van der Waals surface area contributed by atoms with Crippen molar-refractivity contribution in [1.29, 1.82) is 0 Å². The van der Waals surface area contributed by atoms with Crippen LogP contribution in [0.2, 0.25) is 0 Å². The van der Waals surface area contributed by atoms with Gasteiger partial charge in [-0.3, -0.25) is 0 Å². The largest absolute Gasteiger partial charge is 0.496 e. The first-order valence-electron chi connectivity index (χ1n) is 6.04. The lowest BCUT2D eigenvalue weighted by Crippen LogP contribution is -2.27. The van der Waals surface area contributed by atoms with Crippen molar-refractivity contribution in [2.75, 3.05) is 14.2 Å². The van der Waals surface area contributed by atoms with Gasteiger partial charge >= 0.3 is 0 Å². The van der Waals surface area contributed by atoms with Crippen molar-refractivity contribution in [3.05, 3.63) is 29.3 Å². The predicted octanol–water partition coefficient (Wildman–Crippen LogP) is 2.46. The van der Waals surface area contributed by atoms with E-state index in [4.69, 9.17) is 4.74 Å². The lowest BCUT2D eigenvalue weighted by molar-refractivity contribution is 0.148. The van der Waals surface area contributed by atoms with Crippen molar-refractivity contribution < 1.29 is 9.84 Å². The van der Waals surface area contributed by atoms with Crippen molar-refractivity contribution >= 4 is 0 Å². The molecule has 3 nitrogen and oxygen atoms in total. The van der Waals surface area contributed by atoms with Crippen molar-refractivity contribution in [3.8, 4) is 5.75 Å². The molecular weight excluding hydrogens is 214 g/mol. The van der Waals surface area contributed by atoms with Gasteiger partial charge < -0.3 is 15.2 Å². The van der Waals surface area contributed by atoms with E-state index in [9.17, 15) is 5.11 Å². The number of hydrogen-bond acceptors (Lipinski definition) is 3. The summed E-state index contributed by atoms with van der Waals surface area (Å²) < 4.78 is 5.42. The number of ether oxygens (including phenoxy) is 1. The molecule has 1 aromatic rings. The predicted molar refractivity (Wildman–Crippen MR) is 70.6 cm³/mol. The highest BCUT2D eigenvalue weighted by Gasteiger charge is 2.19. The van der Waals surface area contributed by atoms with E-state index in [1.54, 1.807) is 14.0 Å². The van der Waals surface area contributed by atoms with Crippen LogP contribution in [0.15, 0.2) is 18.2 Å². The fourth-order valence-electron chi connectivity index (χ4n) is 2.00. The monoisotopic (exact) mass is 237 g/mol. The number of aliphatic hydroxyl groups excluding tert-OH is 1. The third kappa shape index (κ3) is 3.20. The summed E-state index contributed by atoms with van der Waals surface area (Å²) >= 11 is 0. The van der Waals surface area contributed by atoms with Crippen molar-refractivity contribution in [3.63, 3.8) is 0 Å². The zero-order chi connectivity index (χ0) is 13.0. The summed E-state index contributed by atoms with van der Waals surface area (Å²) in [4.78, 5) is 0. The molecular formula is C14H23NO2. The number of rotatable bonds is 5. The molecule has 2 N–H and O–H groups in total. The highest BCUT2D eigenvalue weighted by Crippen LogP contribution is 2.30. The summed E-state index contributed by atoms with van der Waals surface area (Å²) in [5, 5.41) is 12.9. The first-order chi connectivity index (χ1) is 8.01. The molecule has 0 heterocycles. The molecule has 0 aliphatic rings. The van der Waals surface area contributed by atoms with Crippen LogP contribution in [0.5, 0.6) is 5.75 Å². The Kier molecular flexibility index (Phi) is 4.97. The topological polar surface area (TPSA) is 41.5 Å². The van der Waals surface area contributed by atoms with Gasteiger partial charge in [-0.25, -0.2) is 0 Å². The Morgan fingerprint density at radius 3 is 2.29 bits per heavy atom. The van der Waals surface area contributed by atoms with Gasteiger partial charge in [-0.1, -0.05) is 26.0 Å². The SMILES string of the molecule is CNC(c1ccc(C(C)C)cc1OC)C(C)O. The molecule has 0 spiro atoms. The van der Waals surface area contributed by atoms with E-state index in [0.717, 1.165) is 11.3 Å². The van der Waals surface area contributed by atoms with E-state index < -0.39 is 6.10 Å². The standard InChI is InChI=1S/C14H23NO2/c1-9(2)11-6-7-12(13(8-11)17-5)14(15-4)10(3)16/h6-10,14-16H,1-5H3. The molecule has 0 amide bonds. The van der Waals surface area contributed by atoms with Gasteiger partial charge in [-0.05, 0) is 31.5 Å². The quantitative estimate of drug-likeness (QED) is 0.826. The van der Waals surface area contributed by atoms with E-state index in [0.29, 0.717) is 5.92 Å². The Labute approximate surface area is 104 Å². The fraction of sp³-hybridized carbons (Fsp3) is 0.571. The summed E-state index contributed by atoms with van der Waals surface area (Å²) in [6.07, 6.45) is -0.459. The third-order valence-corrected chi connectivity index (χ3v) is 3.05. The van der Waals surface area contributed by atoms with Gasteiger partial charge in [0, 0.05) is 5.56 Å². The van der Waals surface area contributed by atoms with Crippen LogP contribution < -0.4 is 10.1 Å². The maximum absolute atomic E-state index is 9.75. The Balaban J connectivity index is 3.15.